The summed E-state index contributed by atoms with van der Waals surface area (Å²) in [5, 5.41) is 23.2. The molecule has 0 saturated heterocycles. The number of methoxy groups -OCH3 is 2. The highest BCUT2D eigenvalue weighted by atomic mass is 16.6. The van der Waals surface area contributed by atoms with Crippen LogP contribution < -0.4 is 10.1 Å². The summed E-state index contributed by atoms with van der Waals surface area (Å²) in [5.41, 5.74) is -0.328. The lowest BCUT2D eigenvalue weighted by Gasteiger charge is -2.11. The largest absolute Gasteiger partial charge is 0.476 e. The van der Waals surface area contributed by atoms with Crippen LogP contribution in [0.5, 0.6) is 5.88 Å². The Balaban J connectivity index is 2.70. The molecule has 0 fully saturated rings. The molecular weight excluding hydrogens is 256 g/mol. The van der Waals surface area contributed by atoms with Crippen LogP contribution >= 0.6 is 0 Å². The summed E-state index contributed by atoms with van der Waals surface area (Å²) >= 11 is 0. The van der Waals surface area contributed by atoms with Gasteiger partial charge in [0.15, 0.2) is 0 Å². The minimum absolute atomic E-state index is 0.0569. The molecule has 0 aliphatic rings. The van der Waals surface area contributed by atoms with Crippen molar-refractivity contribution in [3.8, 4) is 5.88 Å². The highest BCUT2D eigenvalue weighted by Crippen LogP contribution is 2.30. The number of aliphatic hydroxyl groups excluding tert-OH is 1. The highest BCUT2D eigenvalue weighted by molar-refractivity contribution is 5.60. The molecule has 1 rings (SSSR count). The third-order valence-electron chi connectivity index (χ3n) is 2.29. The summed E-state index contributed by atoms with van der Waals surface area (Å²) in [6.07, 6.45) is 0.900. The lowest BCUT2D eigenvalue weighted by atomic mass is 10.2. The van der Waals surface area contributed by atoms with Crippen molar-refractivity contribution in [1.29, 1.82) is 0 Å². The van der Waals surface area contributed by atoms with Gasteiger partial charge < -0.3 is 19.9 Å². The van der Waals surface area contributed by atoms with Gasteiger partial charge >= 0.3 is 5.69 Å². The van der Waals surface area contributed by atoms with Crippen molar-refractivity contribution in [1.82, 2.24) is 9.97 Å². The monoisotopic (exact) mass is 272 g/mol. The molecule has 1 aromatic rings. The smallest absolute Gasteiger partial charge is 0.372 e. The molecule has 106 valence electrons. The summed E-state index contributed by atoms with van der Waals surface area (Å²) in [7, 11) is 2.78. The molecule has 0 aliphatic carbocycles. The Kier molecular flexibility index (Phi) is 5.90. The first-order chi connectivity index (χ1) is 9.10. The summed E-state index contributed by atoms with van der Waals surface area (Å²) < 4.78 is 9.58. The molecule has 0 bridgehead atoms. The Morgan fingerprint density at radius 2 is 2.26 bits per heavy atom. The molecule has 1 aromatic heterocycles. The minimum atomic E-state index is -0.639. The van der Waals surface area contributed by atoms with E-state index in [0.29, 0.717) is 13.0 Å². The first kappa shape index (κ1) is 15.1. The SMILES string of the molecule is COCC(O)CCNc1ncnc(OC)c1[N+](=O)[O-]. The number of anilines is 1. The Morgan fingerprint density at radius 3 is 2.84 bits per heavy atom. The van der Waals surface area contributed by atoms with Crippen LogP contribution in [0.4, 0.5) is 11.5 Å². The van der Waals surface area contributed by atoms with Crippen LogP contribution in [-0.2, 0) is 4.74 Å². The van der Waals surface area contributed by atoms with Crippen LogP contribution in [0.1, 0.15) is 6.42 Å². The summed E-state index contributed by atoms with van der Waals surface area (Å²) in [6.45, 7) is 0.516. The fraction of sp³-hybridized carbons (Fsp3) is 0.600. The Hall–Kier alpha value is -2.00. The van der Waals surface area contributed by atoms with Crippen molar-refractivity contribution in [2.75, 3.05) is 32.7 Å². The zero-order valence-corrected chi connectivity index (χ0v) is 10.7. The van der Waals surface area contributed by atoms with Crippen LogP contribution in [0.25, 0.3) is 0 Å². The Morgan fingerprint density at radius 1 is 1.53 bits per heavy atom. The lowest BCUT2D eigenvalue weighted by Crippen LogP contribution is -2.19. The van der Waals surface area contributed by atoms with Crippen molar-refractivity contribution in [2.24, 2.45) is 0 Å². The van der Waals surface area contributed by atoms with E-state index in [9.17, 15) is 15.2 Å². The van der Waals surface area contributed by atoms with Gasteiger partial charge in [0.1, 0.15) is 6.33 Å². The predicted molar refractivity (Wildman–Crippen MR) is 66.2 cm³/mol. The van der Waals surface area contributed by atoms with E-state index in [4.69, 9.17) is 9.47 Å². The minimum Gasteiger partial charge on any atom is -0.476 e. The summed E-state index contributed by atoms with van der Waals surface area (Å²) in [5.74, 6) is -0.0543. The molecule has 2 N–H and O–H groups in total. The van der Waals surface area contributed by atoms with E-state index < -0.39 is 11.0 Å². The fourth-order valence-electron chi connectivity index (χ4n) is 1.44. The van der Waals surface area contributed by atoms with Gasteiger partial charge in [0.25, 0.3) is 5.88 Å². The first-order valence-electron chi connectivity index (χ1n) is 5.54. The third-order valence-corrected chi connectivity index (χ3v) is 2.29. The average molecular weight is 272 g/mol. The number of ether oxygens (including phenoxy) is 2. The zero-order valence-electron chi connectivity index (χ0n) is 10.7. The Labute approximate surface area is 109 Å². The molecule has 0 saturated carbocycles. The van der Waals surface area contributed by atoms with E-state index in [2.05, 4.69) is 15.3 Å². The van der Waals surface area contributed by atoms with E-state index in [1.165, 1.54) is 20.5 Å². The standard InChI is InChI=1S/C10H16N4O5/c1-18-5-7(15)3-4-11-9-8(14(16)17)10(19-2)13-6-12-9/h6-7,15H,3-5H2,1-2H3,(H,11,12,13). The first-order valence-corrected chi connectivity index (χ1v) is 5.54. The van der Waals surface area contributed by atoms with Gasteiger partial charge in [0.2, 0.25) is 5.82 Å². The van der Waals surface area contributed by atoms with Crippen molar-refractivity contribution in [3.63, 3.8) is 0 Å². The maximum atomic E-state index is 10.9. The summed E-state index contributed by atoms with van der Waals surface area (Å²) in [4.78, 5) is 17.8. The van der Waals surface area contributed by atoms with E-state index in [1.54, 1.807) is 0 Å². The van der Waals surface area contributed by atoms with Gasteiger partial charge in [-0.05, 0) is 6.42 Å². The molecule has 0 amide bonds. The number of aliphatic hydroxyl groups is 1. The number of rotatable bonds is 8. The lowest BCUT2D eigenvalue weighted by molar-refractivity contribution is -0.385. The number of nitro groups is 1. The van der Waals surface area contributed by atoms with Gasteiger partial charge in [0, 0.05) is 13.7 Å². The molecule has 1 unspecified atom stereocenters. The molecule has 0 radical (unpaired) electrons. The highest BCUT2D eigenvalue weighted by Gasteiger charge is 2.23. The molecule has 0 aliphatic heterocycles. The molecular formula is C10H16N4O5. The van der Waals surface area contributed by atoms with Crippen molar-refractivity contribution in [2.45, 2.75) is 12.5 Å². The van der Waals surface area contributed by atoms with E-state index in [1.807, 2.05) is 0 Å². The maximum Gasteiger partial charge on any atom is 0.372 e. The van der Waals surface area contributed by atoms with Gasteiger partial charge in [-0.2, -0.15) is 4.98 Å². The summed E-state index contributed by atoms with van der Waals surface area (Å²) in [6, 6.07) is 0. The molecule has 19 heavy (non-hydrogen) atoms. The second-order valence-electron chi connectivity index (χ2n) is 3.66. The second-order valence-corrected chi connectivity index (χ2v) is 3.66. The Bertz CT molecular complexity index is 428. The number of aromatic nitrogens is 2. The van der Waals surface area contributed by atoms with Gasteiger partial charge in [-0.3, -0.25) is 10.1 Å². The molecule has 9 nitrogen and oxygen atoms in total. The van der Waals surface area contributed by atoms with Crippen LogP contribution in [0.2, 0.25) is 0 Å². The van der Waals surface area contributed by atoms with E-state index in [-0.39, 0.29) is 24.0 Å². The van der Waals surface area contributed by atoms with E-state index in [0.717, 1.165) is 0 Å². The van der Waals surface area contributed by atoms with Crippen LogP contribution in [0, 0.1) is 10.1 Å². The van der Waals surface area contributed by atoms with E-state index >= 15 is 0 Å². The third kappa shape index (κ3) is 4.30. The van der Waals surface area contributed by atoms with Gasteiger partial charge in [0.05, 0.1) is 24.7 Å². The molecule has 0 aromatic carbocycles. The molecule has 9 heteroatoms. The van der Waals surface area contributed by atoms with Gasteiger partial charge in [-0.25, -0.2) is 4.98 Å². The van der Waals surface area contributed by atoms with Gasteiger partial charge in [-0.1, -0.05) is 0 Å². The topological polar surface area (TPSA) is 120 Å². The predicted octanol–water partition coefficient (Wildman–Crippen LogP) is 0.203. The number of hydrogen-bond acceptors (Lipinski definition) is 8. The number of nitrogens with one attached hydrogen (secondary N) is 1. The van der Waals surface area contributed by atoms with Crippen molar-refractivity contribution >= 4 is 11.5 Å². The molecule has 0 spiro atoms. The average Bonchev–Trinajstić information content (AvgIpc) is 2.38. The van der Waals surface area contributed by atoms with Gasteiger partial charge in [-0.15, -0.1) is 0 Å². The molecule has 1 atom stereocenters. The van der Waals surface area contributed by atoms with Crippen LogP contribution in [0.3, 0.4) is 0 Å². The van der Waals surface area contributed by atoms with Crippen LogP contribution in [-0.4, -0.2) is 53.5 Å². The number of hydrogen-bond donors (Lipinski definition) is 2. The van der Waals surface area contributed by atoms with Crippen molar-refractivity contribution < 1.29 is 19.5 Å². The molecule has 1 heterocycles. The van der Waals surface area contributed by atoms with Crippen LogP contribution in [0.15, 0.2) is 6.33 Å². The normalized spacial score (nSPS) is 11.9. The number of nitrogens with zero attached hydrogens (tertiary/aromatic N) is 3. The second kappa shape index (κ2) is 7.44. The maximum absolute atomic E-state index is 10.9. The van der Waals surface area contributed by atoms with Crippen molar-refractivity contribution in [3.05, 3.63) is 16.4 Å². The quantitative estimate of drug-likeness (QED) is 0.508. The zero-order chi connectivity index (χ0) is 14.3. The fourth-order valence-corrected chi connectivity index (χ4v) is 1.44.